The highest BCUT2D eigenvalue weighted by Gasteiger charge is 2.25. The number of non-ortho nitro benzene ring substituents is 1. The molecule has 2 aromatic carbocycles. The Bertz CT molecular complexity index is 1240. The topological polar surface area (TPSA) is 146 Å². The second kappa shape index (κ2) is 7.99. The van der Waals surface area contributed by atoms with Crippen molar-refractivity contribution in [2.45, 2.75) is 13.8 Å². The molecule has 3 rings (SSSR count). The van der Waals surface area contributed by atoms with Gasteiger partial charge in [0.05, 0.1) is 34.3 Å². The third-order valence-corrected chi connectivity index (χ3v) is 4.45. The molecule has 0 bridgehead atoms. The summed E-state index contributed by atoms with van der Waals surface area (Å²) in [5.41, 5.74) is 0.611. The third kappa shape index (κ3) is 3.68. The summed E-state index contributed by atoms with van der Waals surface area (Å²) in [5.74, 6) is -0.241. The maximum Gasteiger partial charge on any atom is 0.320 e. The lowest BCUT2D eigenvalue weighted by Gasteiger charge is -2.05. The van der Waals surface area contributed by atoms with Crippen molar-refractivity contribution >= 4 is 23.3 Å². The number of hydrogen-bond acceptors (Lipinski definition) is 7. The Hall–Kier alpha value is -4.28. The van der Waals surface area contributed by atoms with E-state index in [-0.39, 0.29) is 22.6 Å². The Balaban J connectivity index is 2.13. The number of aryl methyl sites for hydroxylation is 2. The zero-order chi connectivity index (χ0) is 22.0. The number of H-pyrrole nitrogens is 1. The highest BCUT2D eigenvalue weighted by atomic mass is 16.6. The quantitative estimate of drug-likeness (QED) is 0.374. The van der Waals surface area contributed by atoms with Gasteiger partial charge in [0.1, 0.15) is 5.69 Å². The van der Waals surface area contributed by atoms with Gasteiger partial charge in [-0.05, 0) is 25.5 Å². The van der Waals surface area contributed by atoms with Gasteiger partial charge >= 0.3 is 5.69 Å². The molecule has 3 aromatic rings. The Morgan fingerprint density at radius 3 is 2.43 bits per heavy atom. The number of para-hydroxylation sites is 1. The summed E-state index contributed by atoms with van der Waals surface area (Å²) in [7, 11) is 1.19. The van der Waals surface area contributed by atoms with E-state index in [9.17, 15) is 25.0 Å². The molecule has 0 amide bonds. The lowest BCUT2D eigenvalue weighted by atomic mass is 10.2. The minimum absolute atomic E-state index is 0.138. The van der Waals surface area contributed by atoms with E-state index >= 15 is 0 Å². The molecular weight excluding hydrogens is 394 g/mol. The van der Waals surface area contributed by atoms with Crippen LogP contribution in [0.25, 0.3) is 5.69 Å². The number of nitrogens with zero attached hydrogens (tertiary/aromatic N) is 4. The number of ether oxygens (including phenoxy) is 1. The van der Waals surface area contributed by atoms with E-state index in [4.69, 9.17) is 4.74 Å². The van der Waals surface area contributed by atoms with Gasteiger partial charge in [0.2, 0.25) is 5.75 Å². The van der Waals surface area contributed by atoms with Crippen LogP contribution >= 0.6 is 0 Å². The summed E-state index contributed by atoms with van der Waals surface area (Å²) >= 11 is 0. The molecule has 0 aliphatic carbocycles. The summed E-state index contributed by atoms with van der Waals surface area (Å²) in [4.78, 5) is 37.8. The van der Waals surface area contributed by atoms with E-state index in [0.29, 0.717) is 11.4 Å². The minimum Gasteiger partial charge on any atom is -0.489 e. The standard InChI is InChI=1S/C19H17N5O6/c1-11-6-4-5-7-16(11)22-19(25)14(12(2)21-22)10-20-15-8-13(23(26)27)9-17(24(28)29)18(15)30-3/h4-10,21H,1-3H3. The van der Waals surface area contributed by atoms with E-state index in [1.807, 2.05) is 19.1 Å². The molecule has 11 heteroatoms. The normalized spacial score (nSPS) is 11.0. The van der Waals surface area contributed by atoms with Crippen LogP contribution in [0, 0.1) is 34.1 Å². The highest BCUT2D eigenvalue weighted by Crippen LogP contribution is 2.40. The van der Waals surface area contributed by atoms with Gasteiger partial charge in [-0.1, -0.05) is 18.2 Å². The number of nitro groups is 2. The fourth-order valence-electron chi connectivity index (χ4n) is 2.96. The number of benzene rings is 2. The summed E-state index contributed by atoms with van der Waals surface area (Å²) in [6.07, 6.45) is 1.20. The number of nitrogens with one attached hydrogen (secondary N) is 1. The molecule has 0 unspecified atom stereocenters. The molecule has 0 atom stereocenters. The van der Waals surface area contributed by atoms with Crippen LogP contribution in [-0.2, 0) is 0 Å². The number of aliphatic imine (C=N–C) groups is 1. The molecule has 0 aliphatic heterocycles. The molecule has 0 saturated carbocycles. The van der Waals surface area contributed by atoms with Crippen molar-refractivity contribution in [2.75, 3.05) is 7.11 Å². The van der Waals surface area contributed by atoms with Gasteiger partial charge in [0.25, 0.3) is 11.2 Å². The Labute approximate surface area is 169 Å². The fourth-order valence-corrected chi connectivity index (χ4v) is 2.96. The van der Waals surface area contributed by atoms with Crippen LogP contribution in [0.15, 0.2) is 46.2 Å². The molecule has 0 aliphatic rings. The van der Waals surface area contributed by atoms with Crippen LogP contribution in [0.1, 0.15) is 16.8 Å². The molecule has 1 aromatic heterocycles. The van der Waals surface area contributed by atoms with Crippen molar-refractivity contribution in [1.82, 2.24) is 9.78 Å². The molecular formula is C19H17N5O6. The SMILES string of the molecule is COc1c(N=Cc2c(C)[nH]n(-c3ccccc3C)c2=O)cc([N+](=O)[O-])cc1[N+](=O)[O-]. The number of methoxy groups -OCH3 is 1. The Morgan fingerprint density at radius 2 is 1.83 bits per heavy atom. The molecule has 0 radical (unpaired) electrons. The van der Waals surface area contributed by atoms with Crippen molar-refractivity contribution in [3.63, 3.8) is 0 Å². The van der Waals surface area contributed by atoms with Crippen molar-refractivity contribution in [3.8, 4) is 11.4 Å². The number of aromatic amines is 1. The average Bonchev–Trinajstić information content (AvgIpc) is 2.99. The fraction of sp³-hybridized carbons (Fsp3) is 0.158. The maximum atomic E-state index is 12.9. The largest absolute Gasteiger partial charge is 0.489 e. The average molecular weight is 411 g/mol. The van der Waals surface area contributed by atoms with Gasteiger partial charge < -0.3 is 4.74 Å². The Kier molecular flexibility index (Phi) is 5.45. The molecule has 154 valence electrons. The van der Waals surface area contributed by atoms with E-state index in [1.165, 1.54) is 18.0 Å². The van der Waals surface area contributed by atoms with E-state index in [2.05, 4.69) is 10.1 Å². The second-order valence-electron chi connectivity index (χ2n) is 6.37. The Morgan fingerprint density at radius 1 is 1.13 bits per heavy atom. The van der Waals surface area contributed by atoms with Gasteiger partial charge in [-0.15, -0.1) is 0 Å². The van der Waals surface area contributed by atoms with E-state index in [0.717, 1.165) is 17.7 Å². The van der Waals surface area contributed by atoms with Gasteiger partial charge in [0, 0.05) is 18.0 Å². The lowest BCUT2D eigenvalue weighted by Crippen LogP contribution is -2.18. The van der Waals surface area contributed by atoms with Gasteiger partial charge in [0.15, 0.2) is 0 Å². The summed E-state index contributed by atoms with van der Waals surface area (Å²) in [6, 6.07) is 9.13. The maximum absolute atomic E-state index is 12.9. The first-order chi connectivity index (χ1) is 14.2. The highest BCUT2D eigenvalue weighted by molar-refractivity contribution is 5.85. The first-order valence-corrected chi connectivity index (χ1v) is 8.67. The van der Waals surface area contributed by atoms with Crippen molar-refractivity contribution in [3.05, 3.63) is 83.8 Å². The predicted octanol–water partition coefficient (Wildman–Crippen LogP) is 3.36. The zero-order valence-corrected chi connectivity index (χ0v) is 16.3. The van der Waals surface area contributed by atoms with Gasteiger partial charge in [-0.2, -0.15) is 0 Å². The monoisotopic (exact) mass is 411 g/mol. The van der Waals surface area contributed by atoms with Crippen LogP contribution in [0.4, 0.5) is 17.1 Å². The molecule has 0 saturated heterocycles. The molecule has 0 spiro atoms. The lowest BCUT2D eigenvalue weighted by molar-refractivity contribution is -0.394. The number of rotatable bonds is 6. The van der Waals surface area contributed by atoms with Crippen molar-refractivity contribution in [2.24, 2.45) is 4.99 Å². The molecule has 30 heavy (non-hydrogen) atoms. The van der Waals surface area contributed by atoms with Crippen LogP contribution in [0.5, 0.6) is 5.75 Å². The number of nitro benzene ring substituents is 2. The second-order valence-corrected chi connectivity index (χ2v) is 6.37. The summed E-state index contributed by atoms with van der Waals surface area (Å²) < 4.78 is 6.40. The predicted molar refractivity (Wildman–Crippen MR) is 109 cm³/mol. The van der Waals surface area contributed by atoms with Crippen LogP contribution in [0.3, 0.4) is 0 Å². The molecule has 1 N–H and O–H groups in total. The van der Waals surface area contributed by atoms with Crippen LogP contribution in [-0.4, -0.2) is 33.0 Å². The third-order valence-electron chi connectivity index (χ3n) is 4.45. The number of hydrogen-bond donors (Lipinski definition) is 1. The van der Waals surface area contributed by atoms with Crippen LogP contribution in [0.2, 0.25) is 0 Å². The van der Waals surface area contributed by atoms with E-state index in [1.54, 1.807) is 19.1 Å². The first-order valence-electron chi connectivity index (χ1n) is 8.67. The summed E-state index contributed by atoms with van der Waals surface area (Å²) in [5, 5.41) is 25.4. The minimum atomic E-state index is -0.794. The molecule has 11 nitrogen and oxygen atoms in total. The van der Waals surface area contributed by atoms with Crippen molar-refractivity contribution < 1.29 is 14.6 Å². The number of aromatic nitrogens is 2. The van der Waals surface area contributed by atoms with Crippen LogP contribution < -0.4 is 10.3 Å². The van der Waals surface area contributed by atoms with E-state index < -0.39 is 21.2 Å². The molecule has 0 fully saturated rings. The van der Waals surface area contributed by atoms with Gasteiger partial charge in [-0.25, -0.2) is 4.68 Å². The smallest absolute Gasteiger partial charge is 0.320 e. The summed E-state index contributed by atoms with van der Waals surface area (Å²) in [6.45, 7) is 3.53. The molecule has 1 heterocycles. The zero-order valence-electron chi connectivity index (χ0n) is 16.3. The van der Waals surface area contributed by atoms with Crippen molar-refractivity contribution in [1.29, 1.82) is 0 Å². The van der Waals surface area contributed by atoms with Gasteiger partial charge in [-0.3, -0.25) is 35.1 Å². The first kappa shape index (κ1) is 20.5.